The largest absolute Gasteiger partial charge is 0.325 e. The molecule has 2 aliphatic carbocycles. The number of rotatable bonds is 2. The standard InChI is InChI=1S/C22H25NOS2/c24-21(23-20-10-3-6-15-5-1-2-9-19(15)20)16-13-17-7-4-8-18(14-16)22(17)25-11-12-26-22/h1-3,5-6,9-10,16-18H,4,7-8,11-14H2,(H,23,24). The Balaban J connectivity index is 1.37. The van der Waals surface area contributed by atoms with E-state index in [-0.39, 0.29) is 11.8 Å². The number of hydrogen-bond acceptors (Lipinski definition) is 3. The van der Waals surface area contributed by atoms with E-state index in [1.165, 1.54) is 36.2 Å². The smallest absolute Gasteiger partial charge is 0.227 e. The van der Waals surface area contributed by atoms with E-state index >= 15 is 0 Å². The lowest BCUT2D eigenvalue weighted by Crippen LogP contribution is -2.48. The predicted molar refractivity (Wildman–Crippen MR) is 114 cm³/mol. The van der Waals surface area contributed by atoms with Crippen LogP contribution in [0, 0.1) is 17.8 Å². The molecular formula is C22H25NOS2. The van der Waals surface area contributed by atoms with Gasteiger partial charge < -0.3 is 5.32 Å². The Kier molecular flexibility index (Phi) is 4.44. The van der Waals surface area contributed by atoms with Gasteiger partial charge in [0.1, 0.15) is 0 Å². The van der Waals surface area contributed by atoms with Crippen LogP contribution >= 0.6 is 23.5 Å². The Labute approximate surface area is 163 Å². The van der Waals surface area contributed by atoms with E-state index < -0.39 is 0 Å². The lowest BCUT2D eigenvalue weighted by Gasteiger charge is -2.52. The van der Waals surface area contributed by atoms with Gasteiger partial charge >= 0.3 is 0 Å². The first kappa shape index (κ1) is 17.0. The molecule has 2 aromatic carbocycles. The van der Waals surface area contributed by atoms with Crippen molar-refractivity contribution in [3.8, 4) is 0 Å². The van der Waals surface area contributed by atoms with Crippen molar-refractivity contribution < 1.29 is 4.79 Å². The number of carbonyl (C=O) groups excluding carboxylic acids is 1. The van der Waals surface area contributed by atoms with E-state index in [1.807, 2.05) is 24.3 Å². The van der Waals surface area contributed by atoms with Crippen molar-refractivity contribution in [3.63, 3.8) is 0 Å². The van der Waals surface area contributed by atoms with Gasteiger partial charge in [0, 0.05) is 28.5 Å². The van der Waals surface area contributed by atoms with Crippen LogP contribution in [0.4, 0.5) is 5.69 Å². The van der Waals surface area contributed by atoms with Crippen LogP contribution in [0.15, 0.2) is 42.5 Å². The SMILES string of the molecule is O=C(Nc1cccc2ccccc12)C1CC2CCCC(C1)C21SCCS1. The Bertz CT molecular complexity index is 809. The zero-order valence-electron chi connectivity index (χ0n) is 14.9. The first-order chi connectivity index (χ1) is 12.8. The monoisotopic (exact) mass is 383 g/mol. The fourth-order valence-corrected chi connectivity index (χ4v) is 9.33. The van der Waals surface area contributed by atoms with Gasteiger partial charge in [-0.2, -0.15) is 0 Å². The highest BCUT2D eigenvalue weighted by Gasteiger charge is 2.55. The molecule has 0 aromatic heterocycles. The number of amides is 1. The summed E-state index contributed by atoms with van der Waals surface area (Å²) in [5.41, 5.74) is 0.961. The molecule has 2 nitrogen and oxygen atoms in total. The molecule has 1 amide bonds. The van der Waals surface area contributed by atoms with E-state index in [4.69, 9.17) is 0 Å². The average Bonchev–Trinajstić information content (AvgIpc) is 3.11. The Morgan fingerprint density at radius 1 is 0.962 bits per heavy atom. The quantitative estimate of drug-likeness (QED) is 0.712. The summed E-state index contributed by atoms with van der Waals surface area (Å²) in [6.07, 6.45) is 6.14. The van der Waals surface area contributed by atoms with Crippen molar-refractivity contribution in [1.82, 2.24) is 0 Å². The molecule has 2 unspecified atom stereocenters. The molecule has 3 aliphatic rings. The first-order valence-electron chi connectivity index (χ1n) is 9.83. The van der Waals surface area contributed by atoms with E-state index in [2.05, 4.69) is 47.0 Å². The Morgan fingerprint density at radius 2 is 1.65 bits per heavy atom. The molecule has 5 rings (SSSR count). The summed E-state index contributed by atoms with van der Waals surface area (Å²) >= 11 is 4.42. The number of thioether (sulfide) groups is 2. The molecule has 0 radical (unpaired) electrons. The van der Waals surface area contributed by atoms with E-state index in [0.29, 0.717) is 4.08 Å². The molecule has 3 fully saturated rings. The minimum Gasteiger partial charge on any atom is -0.325 e. The number of nitrogens with one attached hydrogen (secondary N) is 1. The van der Waals surface area contributed by atoms with Crippen LogP contribution in [-0.2, 0) is 4.79 Å². The summed E-state index contributed by atoms with van der Waals surface area (Å²) in [5.74, 6) is 4.44. The third kappa shape index (κ3) is 2.77. The molecule has 2 atom stereocenters. The zero-order chi connectivity index (χ0) is 17.6. The maximum atomic E-state index is 13.1. The maximum Gasteiger partial charge on any atom is 0.227 e. The van der Waals surface area contributed by atoms with Gasteiger partial charge in [0.15, 0.2) is 0 Å². The van der Waals surface area contributed by atoms with Crippen LogP contribution in [0.25, 0.3) is 10.8 Å². The Morgan fingerprint density at radius 3 is 2.42 bits per heavy atom. The second-order valence-electron chi connectivity index (χ2n) is 7.93. The van der Waals surface area contributed by atoms with Crippen LogP contribution in [0.3, 0.4) is 0 Å². The highest BCUT2D eigenvalue weighted by atomic mass is 32.2. The van der Waals surface area contributed by atoms with Gasteiger partial charge in [0.25, 0.3) is 0 Å². The number of benzene rings is 2. The molecule has 1 N–H and O–H groups in total. The molecule has 1 spiro atoms. The van der Waals surface area contributed by atoms with Gasteiger partial charge in [-0.3, -0.25) is 4.79 Å². The van der Waals surface area contributed by atoms with E-state index in [1.54, 1.807) is 0 Å². The molecule has 2 aromatic rings. The number of anilines is 1. The second kappa shape index (κ2) is 6.79. The van der Waals surface area contributed by atoms with Crippen LogP contribution in [-0.4, -0.2) is 21.5 Å². The first-order valence-corrected chi connectivity index (χ1v) is 11.8. The predicted octanol–water partition coefficient (Wildman–Crippen LogP) is 5.78. The summed E-state index contributed by atoms with van der Waals surface area (Å²) in [7, 11) is 0. The molecule has 1 heterocycles. The van der Waals surface area contributed by atoms with Crippen molar-refractivity contribution >= 4 is 45.9 Å². The highest BCUT2D eigenvalue weighted by Crippen LogP contribution is 2.64. The maximum absolute atomic E-state index is 13.1. The molecular weight excluding hydrogens is 358 g/mol. The molecule has 1 saturated heterocycles. The molecule has 2 saturated carbocycles. The summed E-state index contributed by atoms with van der Waals surface area (Å²) in [4.78, 5) is 13.1. The Hall–Kier alpha value is -1.13. The normalized spacial score (nSPS) is 29.8. The fourth-order valence-electron chi connectivity index (χ4n) is 5.39. The fraction of sp³-hybridized carbons (Fsp3) is 0.500. The minimum absolute atomic E-state index is 0.177. The number of hydrogen-bond donors (Lipinski definition) is 1. The van der Waals surface area contributed by atoms with Crippen LogP contribution in [0.1, 0.15) is 32.1 Å². The van der Waals surface area contributed by atoms with Gasteiger partial charge in [0.05, 0.1) is 4.08 Å². The summed E-state index contributed by atoms with van der Waals surface area (Å²) in [6, 6.07) is 14.5. The van der Waals surface area contributed by atoms with Crippen molar-refractivity contribution in [2.45, 2.75) is 36.2 Å². The van der Waals surface area contributed by atoms with Crippen molar-refractivity contribution in [1.29, 1.82) is 0 Å². The molecule has 26 heavy (non-hydrogen) atoms. The number of carbonyl (C=O) groups is 1. The molecule has 2 bridgehead atoms. The van der Waals surface area contributed by atoms with Gasteiger partial charge in [-0.1, -0.05) is 42.8 Å². The average molecular weight is 384 g/mol. The van der Waals surface area contributed by atoms with Gasteiger partial charge in [-0.15, -0.1) is 23.5 Å². The lowest BCUT2D eigenvalue weighted by molar-refractivity contribution is -0.122. The van der Waals surface area contributed by atoms with Gasteiger partial charge in [0.2, 0.25) is 5.91 Å². The van der Waals surface area contributed by atoms with Crippen molar-refractivity contribution in [2.24, 2.45) is 17.8 Å². The lowest BCUT2D eigenvalue weighted by atomic mass is 9.67. The molecule has 4 heteroatoms. The topological polar surface area (TPSA) is 29.1 Å². The van der Waals surface area contributed by atoms with Gasteiger partial charge in [-0.05, 0) is 49.0 Å². The third-order valence-corrected chi connectivity index (χ3v) is 10.6. The van der Waals surface area contributed by atoms with Crippen LogP contribution < -0.4 is 5.32 Å². The van der Waals surface area contributed by atoms with E-state index in [9.17, 15) is 4.79 Å². The van der Waals surface area contributed by atoms with Crippen LogP contribution in [0.2, 0.25) is 0 Å². The molecule has 136 valence electrons. The minimum atomic E-state index is 0.177. The van der Waals surface area contributed by atoms with Crippen molar-refractivity contribution in [3.05, 3.63) is 42.5 Å². The summed E-state index contributed by atoms with van der Waals surface area (Å²) in [6.45, 7) is 0. The summed E-state index contributed by atoms with van der Waals surface area (Å²) in [5, 5.41) is 5.59. The summed E-state index contributed by atoms with van der Waals surface area (Å²) < 4.78 is 0.439. The van der Waals surface area contributed by atoms with Crippen molar-refractivity contribution in [2.75, 3.05) is 16.8 Å². The van der Waals surface area contributed by atoms with Gasteiger partial charge in [-0.25, -0.2) is 0 Å². The second-order valence-corrected chi connectivity index (χ2v) is 10.9. The molecule has 1 aliphatic heterocycles. The van der Waals surface area contributed by atoms with Crippen LogP contribution in [0.5, 0.6) is 0 Å². The third-order valence-electron chi connectivity index (χ3n) is 6.54. The van der Waals surface area contributed by atoms with E-state index in [0.717, 1.165) is 35.8 Å². The zero-order valence-corrected chi connectivity index (χ0v) is 16.6. The number of fused-ring (bicyclic) bond motifs is 1. The highest BCUT2D eigenvalue weighted by molar-refractivity contribution is 8.21.